The normalized spacial score (nSPS) is 11.7. The fraction of sp³-hybridized carbons (Fsp3) is 0.0952. The van der Waals surface area contributed by atoms with Gasteiger partial charge in [0.05, 0.1) is 28.8 Å². The molecular weight excluding hydrogens is 425 g/mol. The first kappa shape index (κ1) is 21.1. The molecule has 0 radical (unpaired) electrons. The van der Waals surface area contributed by atoms with Crippen LogP contribution in [0.25, 0.3) is 16.5 Å². The second kappa shape index (κ2) is 7.54. The van der Waals surface area contributed by atoms with E-state index in [1.807, 2.05) is 0 Å². The number of nitrogens with zero attached hydrogens (tertiary/aromatic N) is 3. The zero-order valence-corrected chi connectivity index (χ0v) is 16.6. The van der Waals surface area contributed by atoms with E-state index in [0.717, 1.165) is 27.8 Å². The van der Waals surface area contributed by atoms with E-state index in [2.05, 4.69) is 9.97 Å². The average Bonchev–Trinajstić information content (AvgIpc) is 2.73. The van der Waals surface area contributed by atoms with Gasteiger partial charge in [-0.1, -0.05) is 24.3 Å². The molecular formula is C21H17F3N6O2. The van der Waals surface area contributed by atoms with Gasteiger partial charge in [-0.2, -0.15) is 13.2 Å². The van der Waals surface area contributed by atoms with Crippen molar-refractivity contribution in [1.29, 1.82) is 0 Å². The van der Waals surface area contributed by atoms with Crippen LogP contribution in [0, 0.1) is 6.92 Å². The summed E-state index contributed by atoms with van der Waals surface area (Å²) in [5, 5.41) is 2.00. The monoisotopic (exact) mass is 442 g/mol. The minimum atomic E-state index is -4.64. The number of anilines is 3. The summed E-state index contributed by atoms with van der Waals surface area (Å²) in [7, 11) is 0. The lowest BCUT2D eigenvalue weighted by molar-refractivity contribution is -0.137. The number of aryl methyl sites for hydroxylation is 1. The number of benzene rings is 2. The van der Waals surface area contributed by atoms with Crippen molar-refractivity contribution in [2.24, 2.45) is 5.84 Å². The van der Waals surface area contributed by atoms with Crippen LogP contribution in [-0.2, 0) is 6.18 Å². The Morgan fingerprint density at radius 3 is 2.53 bits per heavy atom. The Morgan fingerprint density at radius 2 is 1.81 bits per heavy atom. The number of aromatic nitrogens is 3. The van der Waals surface area contributed by atoms with E-state index in [-0.39, 0.29) is 28.4 Å². The highest BCUT2D eigenvalue weighted by atomic mass is 19.4. The van der Waals surface area contributed by atoms with Gasteiger partial charge < -0.3 is 10.7 Å². The minimum absolute atomic E-state index is 0.0590. The third-order valence-electron chi connectivity index (χ3n) is 5.00. The van der Waals surface area contributed by atoms with Crippen LogP contribution >= 0.6 is 0 Å². The summed E-state index contributed by atoms with van der Waals surface area (Å²) < 4.78 is 40.4. The molecule has 4 aromatic rings. The van der Waals surface area contributed by atoms with Crippen molar-refractivity contribution in [1.82, 2.24) is 14.5 Å². The lowest BCUT2D eigenvalue weighted by Gasteiger charge is -2.23. The molecule has 8 nitrogen and oxygen atoms in total. The molecule has 0 bridgehead atoms. The molecule has 0 unspecified atom stereocenters. The number of H-pyrrole nitrogens is 1. The molecule has 2 aromatic carbocycles. The summed E-state index contributed by atoms with van der Waals surface area (Å²) in [6.45, 7) is 1.41. The van der Waals surface area contributed by atoms with Crippen LogP contribution in [0.2, 0.25) is 0 Å². The first-order valence-corrected chi connectivity index (χ1v) is 9.30. The number of hydrazine groups is 1. The number of aromatic amines is 1. The first-order valence-electron chi connectivity index (χ1n) is 9.30. The molecule has 0 amide bonds. The number of rotatable bonds is 3. The summed E-state index contributed by atoms with van der Waals surface area (Å²) in [5.41, 5.74) is 2.95. The minimum Gasteiger partial charge on any atom is -0.397 e. The van der Waals surface area contributed by atoms with Gasteiger partial charge >= 0.3 is 11.9 Å². The van der Waals surface area contributed by atoms with Crippen LogP contribution in [0.15, 0.2) is 64.4 Å². The number of hydrogen-bond donors (Lipinski definition) is 3. The van der Waals surface area contributed by atoms with Gasteiger partial charge in [-0.3, -0.25) is 14.8 Å². The van der Waals surface area contributed by atoms with Gasteiger partial charge in [0, 0.05) is 22.7 Å². The van der Waals surface area contributed by atoms with Gasteiger partial charge in [-0.15, -0.1) is 0 Å². The van der Waals surface area contributed by atoms with Crippen molar-refractivity contribution >= 4 is 27.8 Å². The first-order chi connectivity index (χ1) is 15.1. The van der Waals surface area contributed by atoms with Crippen molar-refractivity contribution < 1.29 is 13.2 Å². The predicted molar refractivity (Wildman–Crippen MR) is 115 cm³/mol. The number of nitrogens with two attached hydrogens (primary N) is 2. The molecule has 0 fully saturated rings. The zero-order chi connectivity index (χ0) is 23.2. The lowest BCUT2D eigenvalue weighted by atomic mass is 10.1. The van der Waals surface area contributed by atoms with Crippen LogP contribution in [0.4, 0.5) is 30.2 Å². The van der Waals surface area contributed by atoms with Crippen molar-refractivity contribution in [2.75, 3.05) is 10.7 Å². The molecule has 4 rings (SSSR count). The summed E-state index contributed by atoms with van der Waals surface area (Å²) in [4.78, 5) is 32.7. The highest BCUT2D eigenvalue weighted by molar-refractivity contribution is 5.89. The number of halogens is 3. The number of nitrogens with one attached hydrogen (secondary N) is 1. The Kier molecular flexibility index (Phi) is 4.97. The third-order valence-corrected chi connectivity index (χ3v) is 5.00. The van der Waals surface area contributed by atoms with E-state index in [4.69, 9.17) is 11.6 Å². The maximum atomic E-state index is 13.4. The molecule has 5 N–H and O–H groups in total. The van der Waals surface area contributed by atoms with Crippen molar-refractivity contribution in [3.63, 3.8) is 0 Å². The average molecular weight is 442 g/mol. The predicted octanol–water partition coefficient (Wildman–Crippen LogP) is 3.00. The zero-order valence-electron chi connectivity index (χ0n) is 16.6. The van der Waals surface area contributed by atoms with Crippen LogP contribution in [-0.4, -0.2) is 14.5 Å². The van der Waals surface area contributed by atoms with Crippen molar-refractivity contribution in [3.05, 3.63) is 87.0 Å². The third kappa shape index (κ3) is 3.48. The molecule has 164 valence electrons. The summed E-state index contributed by atoms with van der Waals surface area (Å²) in [5.74, 6) is 6.08. The summed E-state index contributed by atoms with van der Waals surface area (Å²) in [6.07, 6.45) is -1.72. The molecule has 2 heterocycles. The number of hydrogen-bond acceptors (Lipinski definition) is 6. The number of nitrogen functional groups attached to an aromatic ring is 1. The molecule has 0 spiro atoms. The van der Waals surface area contributed by atoms with Crippen molar-refractivity contribution in [2.45, 2.75) is 13.1 Å². The Bertz CT molecular complexity index is 1450. The molecule has 2 aromatic heterocycles. The molecule has 0 saturated carbocycles. The van der Waals surface area contributed by atoms with Crippen molar-refractivity contribution in [3.8, 4) is 5.69 Å². The van der Waals surface area contributed by atoms with Crippen LogP contribution in [0.3, 0.4) is 0 Å². The Morgan fingerprint density at radius 1 is 1.09 bits per heavy atom. The number of alkyl halides is 3. The van der Waals surface area contributed by atoms with Crippen LogP contribution in [0.1, 0.15) is 11.3 Å². The number of pyridine rings is 1. The molecule has 11 heteroatoms. The largest absolute Gasteiger partial charge is 0.416 e. The Hall–Kier alpha value is -4.12. The highest BCUT2D eigenvalue weighted by Crippen LogP contribution is 2.35. The lowest BCUT2D eigenvalue weighted by Crippen LogP contribution is -2.41. The quantitative estimate of drug-likeness (QED) is 0.255. The van der Waals surface area contributed by atoms with Gasteiger partial charge in [-0.05, 0) is 25.1 Å². The van der Waals surface area contributed by atoms with Gasteiger partial charge in [-0.25, -0.2) is 15.2 Å². The van der Waals surface area contributed by atoms with E-state index in [1.165, 1.54) is 13.1 Å². The topological polar surface area (TPSA) is 123 Å². The second-order valence-corrected chi connectivity index (χ2v) is 7.07. The fourth-order valence-corrected chi connectivity index (χ4v) is 3.46. The Balaban J connectivity index is 1.97. The van der Waals surface area contributed by atoms with E-state index in [1.54, 1.807) is 30.5 Å². The van der Waals surface area contributed by atoms with Crippen LogP contribution < -0.4 is 27.8 Å². The Labute approximate surface area is 178 Å². The smallest absolute Gasteiger partial charge is 0.397 e. The maximum Gasteiger partial charge on any atom is 0.416 e. The standard InChI is InChI=1S/C21H17F3N6O2/c1-11-18(30(26)16-8-13(21(22,23)24)6-7-15(16)25)19(31)29(20(32)28-11)17-10-27-9-12-4-2-3-5-14(12)17/h2-10H,25-26H2,1H3,(H,28,32). The van der Waals surface area contributed by atoms with Gasteiger partial charge in [0.15, 0.2) is 0 Å². The second-order valence-electron chi connectivity index (χ2n) is 7.07. The van der Waals surface area contributed by atoms with Gasteiger partial charge in [0.1, 0.15) is 5.69 Å². The fourth-order valence-electron chi connectivity index (χ4n) is 3.46. The maximum absolute atomic E-state index is 13.4. The van der Waals surface area contributed by atoms with Crippen LogP contribution in [0.5, 0.6) is 0 Å². The SMILES string of the molecule is Cc1[nH]c(=O)n(-c2cncc3ccccc23)c(=O)c1N(N)c1cc(C(F)(F)F)ccc1N. The summed E-state index contributed by atoms with van der Waals surface area (Å²) >= 11 is 0. The van der Waals surface area contributed by atoms with Gasteiger partial charge in [0.2, 0.25) is 0 Å². The summed E-state index contributed by atoms with van der Waals surface area (Å²) in [6, 6.07) is 9.58. The molecule has 0 aliphatic rings. The molecule has 0 atom stereocenters. The number of fused-ring (bicyclic) bond motifs is 1. The highest BCUT2D eigenvalue weighted by Gasteiger charge is 2.32. The molecule has 0 saturated heterocycles. The molecule has 0 aliphatic carbocycles. The molecule has 32 heavy (non-hydrogen) atoms. The van der Waals surface area contributed by atoms with E-state index < -0.39 is 23.0 Å². The molecule has 0 aliphatic heterocycles. The van der Waals surface area contributed by atoms with E-state index in [9.17, 15) is 22.8 Å². The van der Waals surface area contributed by atoms with Gasteiger partial charge in [0.25, 0.3) is 5.56 Å². The van der Waals surface area contributed by atoms with E-state index >= 15 is 0 Å². The van der Waals surface area contributed by atoms with E-state index in [0.29, 0.717) is 10.8 Å².